The van der Waals surface area contributed by atoms with Gasteiger partial charge in [-0.05, 0) is 19.2 Å². The van der Waals surface area contributed by atoms with Crippen molar-refractivity contribution in [2.75, 3.05) is 12.8 Å². The predicted octanol–water partition coefficient (Wildman–Crippen LogP) is -0.0211. The van der Waals surface area contributed by atoms with Gasteiger partial charge in [0.05, 0.1) is 0 Å². The first-order valence-electron chi connectivity index (χ1n) is 3.29. The molecule has 0 unspecified atom stereocenters. The minimum Gasteiger partial charge on any atom is -0.480 e. The Bertz CT molecular complexity index is 106. The van der Waals surface area contributed by atoms with E-state index in [2.05, 4.69) is 17.9 Å². The number of rotatable bonds is 4. The first-order chi connectivity index (χ1) is 4.72. The van der Waals surface area contributed by atoms with E-state index < -0.39 is 12.0 Å². The molecule has 0 amide bonds. The van der Waals surface area contributed by atoms with Crippen LogP contribution in [0, 0.1) is 0 Å². The van der Waals surface area contributed by atoms with Gasteiger partial charge < -0.3 is 10.4 Å². The zero-order valence-electron chi connectivity index (χ0n) is 6.00. The van der Waals surface area contributed by atoms with Crippen LogP contribution in [0.15, 0.2) is 0 Å². The highest BCUT2D eigenvalue weighted by Crippen LogP contribution is 1.92. The fourth-order valence-electron chi connectivity index (χ4n) is 0.442. The number of carboxylic acid groups (broad SMARTS) is 1. The van der Waals surface area contributed by atoms with Crippen molar-refractivity contribution in [3.8, 4) is 0 Å². The van der Waals surface area contributed by atoms with Crippen LogP contribution in [0.5, 0.6) is 0 Å². The van der Waals surface area contributed by atoms with Crippen molar-refractivity contribution in [3.05, 3.63) is 0 Å². The topological polar surface area (TPSA) is 49.3 Å². The minimum absolute atomic E-state index is 0.0647. The van der Waals surface area contributed by atoms with Gasteiger partial charge in [-0.2, -0.15) is 12.6 Å². The maximum atomic E-state index is 10.3. The standard InChI is InChI=1S/C5H11NO2S/c1-6-4(2-3-9)5(7)8/h4,6,9H,2-3H2,1H3,(H,7,8)/t4-/m0/s1/i1D. The summed E-state index contributed by atoms with van der Waals surface area (Å²) in [6.45, 7) is 0. The molecule has 0 rings (SSSR count). The van der Waals surface area contributed by atoms with E-state index in [1.165, 1.54) is 0 Å². The molecule has 0 saturated heterocycles. The number of hydrogen-bond donors (Lipinski definition) is 3. The van der Waals surface area contributed by atoms with E-state index in [-0.39, 0.29) is 7.02 Å². The van der Waals surface area contributed by atoms with E-state index in [9.17, 15) is 4.79 Å². The zero-order chi connectivity index (χ0) is 7.98. The van der Waals surface area contributed by atoms with Crippen LogP contribution < -0.4 is 5.32 Å². The van der Waals surface area contributed by atoms with Gasteiger partial charge in [-0.3, -0.25) is 4.79 Å². The van der Waals surface area contributed by atoms with Gasteiger partial charge in [-0.25, -0.2) is 0 Å². The molecule has 0 aromatic rings. The SMILES string of the molecule is [2H]CN[C@@H](CCS)C(=O)O. The van der Waals surface area contributed by atoms with Crippen molar-refractivity contribution in [1.82, 2.24) is 5.32 Å². The average molecular weight is 150 g/mol. The van der Waals surface area contributed by atoms with E-state index in [0.717, 1.165) is 0 Å². The molecule has 0 spiro atoms. The number of carbonyl (C=O) groups is 1. The number of aliphatic carboxylic acids is 1. The van der Waals surface area contributed by atoms with Crippen LogP contribution in [0.25, 0.3) is 0 Å². The van der Waals surface area contributed by atoms with Crippen LogP contribution in [-0.2, 0) is 4.79 Å². The molecule has 0 aliphatic carbocycles. The molecule has 54 valence electrons. The Labute approximate surface area is 61.3 Å². The molecule has 0 saturated carbocycles. The Morgan fingerprint density at radius 2 is 2.78 bits per heavy atom. The third-order valence-corrected chi connectivity index (χ3v) is 1.22. The fourth-order valence-corrected chi connectivity index (χ4v) is 0.700. The third kappa shape index (κ3) is 3.37. The third-order valence-electron chi connectivity index (χ3n) is 0.962. The van der Waals surface area contributed by atoms with Crippen molar-refractivity contribution in [2.45, 2.75) is 12.5 Å². The van der Waals surface area contributed by atoms with Crippen molar-refractivity contribution in [3.63, 3.8) is 0 Å². The van der Waals surface area contributed by atoms with E-state index in [4.69, 9.17) is 6.48 Å². The molecule has 1 atom stereocenters. The normalized spacial score (nSPS) is 14.6. The minimum atomic E-state index is -0.915. The van der Waals surface area contributed by atoms with Gasteiger partial charge in [0, 0.05) is 1.37 Å². The number of likely N-dealkylation sites (N-methyl/N-ethyl adjacent to an activating group) is 1. The van der Waals surface area contributed by atoms with Gasteiger partial charge >= 0.3 is 5.97 Å². The van der Waals surface area contributed by atoms with Gasteiger partial charge in [-0.1, -0.05) is 0 Å². The van der Waals surface area contributed by atoms with Crippen molar-refractivity contribution < 1.29 is 11.3 Å². The summed E-state index contributed by atoms with van der Waals surface area (Å²) in [6, 6.07) is -0.616. The number of hydrogen-bond acceptors (Lipinski definition) is 3. The summed E-state index contributed by atoms with van der Waals surface area (Å²) >= 11 is 3.88. The molecule has 0 fully saturated rings. The quantitative estimate of drug-likeness (QED) is 0.494. The Morgan fingerprint density at radius 3 is 3.11 bits per heavy atom. The molecular formula is C5H11NO2S. The monoisotopic (exact) mass is 150 g/mol. The van der Waals surface area contributed by atoms with Gasteiger partial charge in [-0.15, -0.1) is 0 Å². The van der Waals surface area contributed by atoms with Gasteiger partial charge in [0.2, 0.25) is 0 Å². The molecular weight excluding hydrogens is 138 g/mol. The molecule has 0 heterocycles. The fraction of sp³-hybridized carbons (Fsp3) is 0.800. The molecule has 0 aromatic heterocycles. The lowest BCUT2D eigenvalue weighted by Gasteiger charge is -2.07. The largest absolute Gasteiger partial charge is 0.480 e. The molecule has 2 N–H and O–H groups in total. The van der Waals surface area contributed by atoms with Crippen LogP contribution in [0.1, 0.15) is 7.79 Å². The van der Waals surface area contributed by atoms with E-state index in [1.54, 1.807) is 0 Å². The number of nitrogens with one attached hydrogen (secondary N) is 1. The Kier molecular flexibility index (Phi) is 3.55. The van der Waals surface area contributed by atoms with Crippen LogP contribution in [0.3, 0.4) is 0 Å². The Hall–Kier alpha value is -0.220. The highest BCUT2D eigenvalue weighted by atomic mass is 32.1. The maximum Gasteiger partial charge on any atom is 0.320 e. The van der Waals surface area contributed by atoms with Crippen molar-refractivity contribution >= 4 is 18.6 Å². The van der Waals surface area contributed by atoms with E-state index in [1.807, 2.05) is 0 Å². The summed E-state index contributed by atoms with van der Waals surface area (Å²) in [5, 5.41) is 11.0. The number of thiol groups is 1. The average Bonchev–Trinajstić information content (AvgIpc) is 1.87. The summed E-state index contributed by atoms with van der Waals surface area (Å²) in [5.41, 5.74) is 0. The predicted molar refractivity (Wildman–Crippen MR) is 39.0 cm³/mol. The second-order valence-corrected chi connectivity index (χ2v) is 2.05. The highest BCUT2D eigenvalue weighted by Gasteiger charge is 2.11. The summed E-state index contributed by atoms with van der Waals surface area (Å²) in [7, 11) is -0.0647. The van der Waals surface area contributed by atoms with Gasteiger partial charge in [0.25, 0.3) is 0 Å². The molecule has 0 aromatic carbocycles. The molecule has 3 nitrogen and oxygen atoms in total. The summed E-state index contributed by atoms with van der Waals surface area (Å²) in [4.78, 5) is 10.3. The lowest BCUT2D eigenvalue weighted by atomic mass is 10.2. The van der Waals surface area contributed by atoms with Crippen molar-refractivity contribution in [1.29, 1.82) is 0 Å². The first kappa shape index (κ1) is 6.89. The molecule has 0 aliphatic heterocycles. The summed E-state index contributed by atoms with van der Waals surface area (Å²) < 4.78 is 6.71. The molecule has 4 heteroatoms. The van der Waals surface area contributed by atoms with Crippen LogP contribution in [0.4, 0.5) is 0 Å². The summed E-state index contributed by atoms with van der Waals surface area (Å²) in [5.74, 6) is -0.398. The molecule has 0 radical (unpaired) electrons. The van der Waals surface area contributed by atoms with E-state index in [0.29, 0.717) is 12.2 Å². The van der Waals surface area contributed by atoms with Crippen LogP contribution >= 0.6 is 12.6 Å². The van der Waals surface area contributed by atoms with Crippen LogP contribution in [0.2, 0.25) is 0 Å². The van der Waals surface area contributed by atoms with Crippen molar-refractivity contribution in [2.24, 2.45) is 0 Å². The smallest absolute Gasteiger partial charge is 0.320 e. The van der Waals surface area contributed by atoms with Gasteiger partial charge in [0.1, 0.15) is 6.04 Å². The first-order valence-corrected chi connectivity index (χ1v) is 3.22. The molecule has 0 aliphatic rings. The van der Waals surface area contributed by atoms with E-state index >= 15 is 0 Å². The Morgan fingerprint density at radius 1 is 2.11 bits per heavy atom. The second-order valence-electron chi connectivity index (χ2n) is 1.61. The Balaban J connectivity index is 3.61. The number of carboxylic acids is 1. The molecule has 9 heavy (non-hydrogen) atoms. The molecule has 0 bridgehead atoms. The lowest BCUT2D eigenvalue weighted by Crippen LogP contribution is -2.33. The summed E-state index contributed by atoms with van der Waals surface area (Å²) in [6.07, 6.45) is 0.456. The maximum absolute atomic E-state index is 10.3. The lowest BCUT2D eigenvalue weighted by molar-refractivity contribution is -0.139. The highest BCUT2D eigenvalue weighted by molar-refractivity contribution is 7.80. The van der Waals surface area contributed by atoms with Gasteiger partial charge in [0.15, 0.2) is 0 Å². The zero-order valence-corrected chi connectivity index (χ0v) is 5.90. The second kappa shape index (κ2) is 4.64. The van der Waals surface area contributed by atoms with Crippen LogP contribution in [-0.4, -0.2) is 29.9 Å².